The van der Waals surface area contributed by atoms with E-state index in [0.717, 1.165) is 6.04 Å². The van der Waals surface area contributed by atoms with Gasteiger partial charge in [0.1, 0.15) is 0 Å². The zero-order chi connectivity index (χ0) is 9.86. The molecule has 1 heteroatoms. The first-order chi connectivity index (χ1) is 6.85. The minimum atomic E-state index is 0.544. The van der Waals surface area contributed by atoms with Crippen LogP contribution in [-0.4, -0.2) is 11.6 Å². The lowest BCUT2D eigenvalue weighted by Crippen LogP contribution is -2.48. The molecule has 0 atom stereocenters. The first-order valence-corrected chi connectivity index (χ1v) is 6.62. The molecule has 0 saturated heterocycles. The Labute approximate surface area is 88.7 Å². The molecular weight excluding hydrogens is 170 g/mol. The third kappa shape index (κ3) is 2.31. The van der Waals surface area contributed by atoms with Gasteiger partial charge in [-0.3, -0.25) is 0 Å². The second kappa shape index (κ2) is 4.65. The van der Waals surface area contributed by atoms with Crippen molar-refractivity contribution in [3.8, 4) is 0 Å². The fourth-order valence-electron chi connectivity index (χ4n) is 3.33. The fraction of sp³-hybridized carbons (Fsp3) is 1.00. The molecule has 14 heavy (non-hydrogen) atoms. The zero-order valence-corrected chi connectivity index (χ0v) is 9.65. The normalized spacial score (nSPS) is 28.1. The zero-order valence-electron chi connectivity index (χ0n) is 9.65. The van der Waals surface area contributed by atoms with Crippen molar-refractivity contribution in [2.75, 3.05) is 0 Å². The number of rotatable bonds is 3. The smallest absolute Gasteiger partial charge is 0.0181 e. The predicted octanol–water partition coefficient (Wildman–Crippen LogP) is 3.63. The fourth-order valence-corrected chi connectivity index (χ4v) is 3.33. The lowest BCUT2D eigenvalue weighted by atomic mass is 9.88. The minimum Gasteiger partial charge on any atom is -0.309 e. The molecule has 2 aliphatic carbocycles. The van der Waals surface area contributed by atoms with Crippen molar-refractivity contribution in [2.24, 2.45) is 0 Å². The Hall–Kier alpha value is -0.0400. The maximum atomic E-state index is 3.98. The SMILES string of the molecule is CCC1(NC2CCCCC2)CCCC1. The second-order valence-electron chi connectivity index (χ2n) is 5.32. The molecule has 2 fully saturated rings. The van der Waals surface area contributed by atoms with Crippen LogP contribution in [-0.2, 0) is 0 Å². The largest absolute Gasteiger partial charge is 0.309 e. The van der Waals surface area contributed by atoms with Crippen LogP contribution in [0.4, 0.5) is 0 Å². The molecule has 0 aromatic heterocycles. The summed E-state index contributed by atoms with van der Waals surface area (Å²) in [5.41, 5.74) is 0.544. The molecule has 0 aromatic carbocycles. The van der Waals surface area contributed by atoms with Gasteiger partial charge in [0.15, 0.2) is 0 Å². The van der Waals surface area contributed by atoms with Gasteiger partial charge >= 0.3 is 0 Å². The highest BCUT2D eigenvalue weighted by Crippen LogP contribution is 2.34. The van der Waals surface area contributed by atoms with Gasteiger partial charge < -0.3 is 5.32 Å². The summed E-state index contributed by atoms with van der Waals surface area (Å²) in [5, 5.41) is 3.98. The Bertz CT molecular complexity index is 164. The monoisotopic (exact) mass is 195 g/mol. The van der Waals surface area contributed by atoms with Crippen molar-refractivity contribution in [1.82, 2.24) is 5.32 Å². The number of hydrogen-bond donors (Lipinski definition) is 1. The summed E-state index contributed by atoms with van der Waals surface area (Å²) >= 11 is 0. The van der Waals surface area contributed by atoms with Crippen LogP contribution >= 0.6 is 0 Å². The molecule has 0 unspecified atom stereocenters. The molecule has 82 valence electrons. The summed E-state index contributed by atoms with van der Waals surface area (Å²) in [6.07, 6.45) is 14.3. The van der Waals surface area contributed by atoms with Gasteiger partial charge in [-0.15, -0.1) is 0 Å². The topological polar surface area (TPSA) is 12.0 Å². The van der Waals surface area contributed by atoms with Crippen LogP contribution in [0.2, 0.25) is 0 Å². The van der Waals surface area contributed by atoms with E-state index in [2.05, 4.69) is 12.2 Å². The van der Waals surface area contributed by atoms with Gasteiger partial charge in [-0.2, -0.15) is 0 Å². The lowest BCUT2D eigenvalue weighted by Gasteiger charge is -2.36. The molecule has 0 bridgehead atoms. The van der Waals surface area contributed by atoms with E-state index >= 15 is 0 Å². The molecule has 1 nitrogen and oxygen atoms in total. The molecular formula is C13H25N. The molecule has 0 aliphatic heterocycles. The van der Waals surface area contributed by atoms with E-state index in [1.54, 1.807) is 0 Å². The van der Waals surface area contributed by atoms with Crippen LogP contribution in [0.1, 0.15) is 71.1 Å². The van der Waals surface area contributed by atoms with E-state index in [1.807, 2.05) is 0 Å². The Morgan fingerprint density at radius 1 is 1.00 bits per heavy atom. The van der Waals surface area contributed by atoms with Crippen LogP contribution in [0.15, 0.2) is 0 Å². The Kier molecular flexibility index (Phi) is 3.48. The summed E-state index contributed by atoms with van der Waals surface area (Å²) in [5.74, 6) is 0. The van der Waals surface area contributed by atoms with Crippen molar-refractivity contribution in [3.05, 3.63) is 0 Å². The summed E-state index contributed by atoms with van der Waals surface area (Å²) in [6.45, 7) is 2.36. The van der Waals surface area contributed by atoms with Crippen LogP contribution in [0.25, 0.3) is 0 Å². The molecule has 0 heterocycles. The maximum Gasteiger partial charge on any atom is 0.0181 e. The van der Waals surface area contributed by atoms with Crippen LogP contribution in [0.5, 0.6) is 0 Å². The third-order valence-corrected chi connectivity index (χ3v) is 4.35. The molecule has 0 radical (unpaired) electrons. The highest BCUT2D eigenvalue weighted by atomic mass is 15.0. The summed E-state index contributed by atoms with van der Waals surface area (Å²) < 4.78 is 0. The summed E-state index contributed by atoms with van der Waals surface area (Å²) in [4.78, 5) is 0. The van der Waals surface area contributed by atoms with Crippen molar-refractivity contribution in [2.45, 2.75) is 82.7 Å². The van der Waals surface area contributed by atoms with Crippen molar-refractivity contribution in [1.29, 1.82) is 0 Å². The first-order valence-electron chi connectivity index (χ1n) is 6.62. The number of hydrogen-bond acceptors (Lipinski definition) is 1. The summed E-state index contributed by atoms with van der Waals surface area (Å²) in [6, 6.07) is 0.849. The molecule has 1 N–H and O–H groups in total. The van der Waals surface area contributed by atoms with Gasteiger partial charge in [-0.05, 0) is 32.1 Å². The molecule has 2 rings (SSSR count). The summed E-state index contributed by atoms with van der Waals surface area (Å²) in [7, 11) is 0. The molecule has 0 spiro atoms. The Balaban J connectivity index is 1.86. The van der Waals surface area contributed by atoms with Crippen LogP contribution in [0.3, 0.4) is 0 Å². The van der Waals surface area contributed by atoms with Crippen molar-refractivity contribution < 1.29 is 0 Å². The highest BCUT2D eigenvalue weighted by Gasteiger charge is 2.33. The van der Waals surface area contributed by atoms with E-state index in [1.165, 1.54) is 64.2 Å². The van der Waals surface area contributed by atoms with Gasteiger partial charge in [0.05, 0.1) is 0 Å². The van der Waals surface area contributed by atoms with Gasteiger partial charge in [0.25, 0.3) is 0 Å². The van der Waals surface area contributed by atoms with Gasteiger partial charge in [-0.25, -0.2) is 0 Å². The average molecular weight is 195 g/mol. The Morgan fingerprint density at radius 2 is 1.64 bits per heavy atom. The lowest BCUT2D eigenvalue weighted by molar-refractivity contribution is 0.243. The molecule has 0 amide bonds. The molecule has 2 aliphatic rings. The van der Waals surface area contributed by atoms with Crippen molar-refractivity contribution in [3.63, 3.8) is 0 Å². The predicted molar refractivity (Wildman–Crippen MR) is 61.5 cm³/mol. The molecule has 2 saturated carbocycles. The van der Waals surface area contributed by atoms with E-state index in [-0.39, 0.29) is 0 Å². The van der Waals surface area contributed by atoms with Crippen LogP contribution < -0.4 is 5.32 Å². The third-order valence-electron chi connectivity index (χ3n) is 4.35. The maximum absolute atomic E-state index is 3.98. The van der Waals surface area contributed by atoms with Crippen LogP contribution in [0, 0.1) is 0 Å². The van der Waals surface area contributed by atoms with E-state index in [0.29, 0.717) is 5.54 Å². The molecule has 0 aromatic rings. The average Bonchev–Trinajstić information content (AvgIpc) is 2.69. The standard InChI is InChI=1S/C13H25N/c1-2-13(10-6-7-11-13)14-12-8-4-3-5-9-12/h12,14H,2-11H2,1H3. The Morgan fingerprint density at radius 3 is 2.21 bits per heavy atom. The second-order valence-corrected chi connectivity index (χ2v) is 5.32. The quantitative estimate of drug-likeness (QED) is 0.725. The van der Waals surface area contributed by atoms with Crippen molar-refractivity contribution >= 4 is 0 Å². The number of nitrogens with one attached hydrogen (secondary N) is 1. The van der Waals surface area contributed by atoms with Gasteiger partial charge in [0, 0.05) is 11.6 Å². The first kappa shape index (κ1) is 10.5. The van der Waals surface area contributed by atoms with E-state index < -0.39 is 0 Å². The van der Waals surface area contributed by atoms with Gasteiger partial charge in [-0.1, -0.05) is 39.0 Å². The van der Waals surface area contributed by atoms with E-state index in [4.69, 9.17) is 0 Å². The highest BCUT2D eigenvalue weighted by molar-refractivity contribution is 4.94. The minimum absolute atomic E-state index is 0.544. The van der Waals surface area contributed by atoms with Gasteiger partial charge in [0.2, 0.25) is 0 Å². The van der Waals surface area contributed by atoms with E-state index in [9.17, 15) is 0 Å².